The normalized spacial score (nSPS) is 24.7. The van der Waals surface area contributed by atoms with Gasteiger partial charge in [0.1, 0.15) is 11.6 Å². The van der Waals surface area contributed by atoms with E-state index in [0.717, 1.165) is 80.4 Å². The lowest BCUT2D eigenvalue weighted by Gasteiger charge is -2.42. The van der Waals surface area contributed by atoms with Crippen LogP contribution in [0.5, 0.6) is 0 Å². The van der Waals surface area contributed by atoms with Gasteiger partial charge in [0, 0.05) is 44.5 Å². The van der Waals surface area contributed by atoms with Gasteiger partial charge in [-0.05, 0) is 64.3 Å². The topological polar surface area (TPSA) is 77.3 Å². The second kappa shape index (κ2) is 8.68. The molecule has 0 saturated carbocycles. The van der Waals surface area contributed by atoms with E-state index in [-0.39, 0.29) is 11.6 Å². The number of likely N-dealkylation sites (N-methyl/N-ethyl adjacent to an activating group) is 1. The summed E-state index contributed by atoms with van der Waals surface area (Å²) >= 11 is 0. The minimum absolute atomic E-state index is 0.0380. The highest BCUT2D eigenvalue weighted by Crippen LogP contribution is 2.48. The molecule has 7 nitrogen and oxygen atoms in total. The van der Waals surface area contributed by atoms with Gasteiger partial charge < -0.3 is 15.0 Å². The van der Waals surface area contributed by atoms with Crippen LogP contribution < -0.4 is 5.32 Å². The van der Waals surface area contributed by atoms with Gasteiger partial charge in [0.05, 0.1) is 28.9 Å². The first-order valence-corrected chi connectivity index (χ1v) is 12.1. The smallest absolute Gasteiger partial charge is 0.135 e. The minimum Gasteiger partial charge on any atom is -0.381 e. The second-order valence-electron chi connectivity index (χ2n) is 9.94. The van der Waals surface area contributed by atoms with Gasteiger partial charge >= 0.3 is 0 Å². The number of anilines is 1. The van der Waals surface area contributed by atoms with Crippen molar-refractivity contribution in [1.82, 2.24) is 19.8 Å². The Hall–Kier alpha value is -2.53. The summed E-state index contributed by atoms with van der Waals surface area (Å²) in [7, 11) is 2.22. The van der Waals surface area contributed by atoms with Crippen LogP contribution in [-0.2, 0) is 16.8 Å². The predicted molar refractivity (Wildman–Crippen MR) is 128 cm³/mol. The number of likely N-dealkylation sites (tertiary alicyclic amines) is 1. The van der Waals surface area contributed by atoms with Crippen molar-refractivity contribution in [3.63, 3.8) is 0 Å². The molecular weight excluding hydrogens is 412 g/mol. The van der Waals surface area contributed by atoms with Crippen LogP contribution >= 0.6 is 0 Å². The van der Waals surface area contributed by atoms with Gasteiger partial charge in [-0.15, -0.1) is 0 Å². The highest BCUT2D eigenvalue weighted by Gasteiger charge is 2.53. The number of aryl methyl sites for hydroxylation is 1. The van der Waals surface area contributed by atoms with Crippen molar-refractivity contribution in [1.29, 1.82) is 5.26 Å². The number of rotatable bonds is 4. The average molecular weight is 447 g/mol. The summed E-state index contributed by atoms with van der Waals surface area (Å²) in [5.41, 5.74) is 5.29. The van der Waals surface area contributed by atoms with Gasteiger partial charge in [-0.2, -0.15) is 5.26 Å². The molecule has 0 amide bonds. The van der Waals surface area contributed by atoms with Gasteiger partial charge in [-0.3, -0.25) is 4.90 Å². The zero-order chi connectivity index (χ0) is 23.2. The largest absolute Gasteiger partial charge is 0.381 e. The van der Waals surface area contributed by atoms with E-state index in [1.165, 1.54) is 11.3 Å². The number of nitrogens with one attached hydrogen (secondary N) is 1. The second-order valence-corrected chi connectivity index (χ2v) is 9.94. The molecule has 0 radical (unpaired) electrons. The van der Waals surface area contributed by atoms with Gasteiger partial charge in [0.25, 0.3) is 0 Å². The molecule has 2 fully saturated rings. The summed E-state index contributed by atoms with van der Waals surface area (Å²) in [5, 5.41) is 13.2. The Morgan fingerprint density at radius 2 is 2.03 bits per heavy atom. The molecule has 1 aromatic heterocycles. The number of fused-ring (bicyclic) bond motifs is 2. The lowest BCUT2D eigenvalue weighted by molar-refractivity contribution is -0.0141. The molecule has 1 aromatic carbocycles. The minimum atomic E-state index is -0.0455. The van der Waals surface area contributed by atoms with Crippen molar-refractivity contribution in [2.75, 3.05) is 38.7 Å². The molecule has 1 unspecified atom stereocenters. The Bertz CT molecular complexity index is 1090. The van der Waals surface area contributed by atoms with Crippen molar-refractivity contribution in [3.8, 4) is 6.07 Å². The number of benzene rings is 1. The Labute approximate surface area is 196 Å². The Kier molecular flexibility index (Phi) is 5.86. The first kappa shape index (κ1) is 22.3. The fourth-order valence-electron chi connectivity index (χ4n) is 6.12. The molecule has 0 bridgehead atoms. The third-order valence-electron chi connectivity index (χ3n) is 7.82. The molecule has 1 spiro atoms. The van der Waals surface area contributed by atoms with E-state index < -0.39 is 0 Å². The molecule has 1 N–H and O–H groups in total. The number of aromatic nitrogens is 2. The SMILES string of the molecule is Cc1nc(N[C@H](C)c2cccc(C#N)c2C)c2c(n1)C1(CCN(C)C1)N(C1CCOCC1)C2. The van der Waals surface area contributed by atoms with E-state index in [4.69, 9.17) is 14.7 Å². The highest BCUT2D eigenvalue weighted by atomic mass is 16.5. The van der Waals surface area contributed by atoms with Crippen LogP contribution in [0.3, 0.4) is 0 Å². The van der Waals surface area contributed by atoms with E-state index in [1.807, 2.05) is 26.0 Å². The zero-order valence-electron chi connectivity index (χ0n) is 20.2. The van der Waals surface area contributed by atoms with Crippen molar-refractivity contribution in [2.24, 2.45) is 0 Å². The molecule has 174 valence electrons. The summed E-state index contributed by atoms with van der Waals surface area (Å²) in [5.74, 6) is 1.75. The molecule has 2 aromatic rings. The van der Waals surface area contributed by atoms with Crippen LogP contribution in [-0.4, -0.2) is 59.2 Å². The maximum Gasteiger partial charge on any atom is 0.135 e. The van der Waals surface area contributed by atoms with Crippen molar-refractivity contribution in [2.45, 2.75) is 64.2 Å². The first-order valence-electron chi connectivity index (χ1n) is 12.1. The fraction of sp³-hybridized carbons (Fsp3) is 0.577. The summed E-state index contributed by atoms with van der Waals surface area (Å²) < 4.78 is 5.68. The van der Waals surface area contributed by atoms with Crippen LogP contribution in [0.25, 0.3) is 0 Å². The molecule has 3 aliphatic heterocycles. The number of hydrogen-bond acceptors (Lipinski definition) is 7. The zero-order valence-corrected chi connectivity index (χ0v) is 20.2. The summed E-state index contributed by atoms with van der Waals surface area (Å²) in [6.07, 6.45) is 3.25. The molecule has 3 aliphatic rings. The molecule has 4 heterocycles. The van der Waals surface area contributed by atoms with Gasteiger partial charge in [-0.25, -0.2) is 9.97 Å². The van der Waals surface area contributed by atoms with E-state index in [9.17, 15) is 5.26 Å². The molecule has 7 heteroatoms. The van der Waals surface area contributed by atoms with Gasteiger partial charge in [0.2, 0.25) is 0 Å². The van der Waals surface area contributed by atoms with Crippen LogP contribution in [0.4, 0.5) is 5.82 Å². The van der Waals surface area contributed by atoms with Crippen LogP contribution in [0, 0.1) is 25.2 Å². The molecule has 33 heavy (non-hydrogen) atoms. The van der Waals surface area contributed by atoms with E-state index >= 15 is 0 Å². The summed E-state index contributed by atoms with van der Waals surface area (Å²) in [6, 6.07) is 8.80. The molecular formula is C26H34N6O. The number of ether oxygens (including phenoxy) is 1. The molecule has 5 rings (SSSR count). The van der Waals surface area contributed by atoms with Gasteiger partial charge in [0.15, 0.2) is 0 Å². The molecule has 0 aliphatic carbocycles. The van der Waals surface area contributed by atoms with Crippen molar-refractivity contribution < 1.29 is 4.74 Å². The third-order valence-corrected chi connectivity index (χ3v) is 7.82. The lowest BCUT2D eigenvalue weighted by atomic mass is 9.90. The van der Waals surface area contributed by atoms with Crippen molar-refractivity contribution in [3.05, 3.63) is 52.0 Å². The number of nitriles is 1. The quantitative estimate of drug-likeness (QED) is 0.768. The van der Waals surface area contributed by atoms with Crippen LogP contribution in [0.15, 0.2) is 18.2 Å². The summed E-state index contributed by atoms with van der Waals surface area (Å²) in [6.45, 7) is 10.8. The van der Waals surface area contributed by atoms with E-state index in [2.05, 4.69) is 41.2 Å². The lowest BCUT2D eigenvalue weighted by Crippen LogP contribution is -2.50. The predicted octanol–water partition coefficient (Wildman–Crippen LogP) is 3.66. The fourth-order valence-corrected chi connectivity index (χ4v) is 6.12. The number of nitrogens with zero attached hydrogens (tertiary/aromatic N) is 5. The summed E-state index contributed by atoms with van der Waals surface area (Å²) in [4.78, 5) is 15.1. The molecule has 2 atom stereocenters. The standard InChI is InChI=1S/C26H34N6O/c1-17-20(14-27)6-5-7-22(17)18(2)28-25-23-15-32(21-8-12-33-13-9-21)26(10-11-31(4)16-26)24(23)29-19(3)30-25/h5-7,18,21H,8-13,15-16H2,1-4H3,(H,28,29,30)/t18-,26?/m1/s1. The van der Waals surface area contributed by atoms with E-state index in [0.29, 0.717) is 6.04 Å². The van der Waals surface area contributed by atoms with Crippen LogP contribution in [0.2, 0.25) is 0 Å². The number of hydrogen-bond donors (Lipinski definition) is 1. The Balaban J connectivity index is 1.53. The Morgan fingerprint density at radius 3 is 2.73 bits per heavy atom. The van der Waals surface area contributed by atoms with Crippen LogP contribution in [0.1, 0.15) is 66.0 Å². The average Bonchev–Trinajstić information content (AvgIpc) is 3.35. The first-order chi connectivity index (χ1) is 15.9. The third kappa shape index (κ3) is 3.80. The molecule has 2 saturated heterocycles. The van der Waals surface area contributed by atoms with E-state index in [1.54, 1.807) is 0 Å². The Morgan fingerprint density at radius 1 is 1.24 bits per heavy atom. The highest BCUT2D eigenvalue weighted by molar-refractivity contribution is 5.54. The van der Waals surface area contributed by atoms with Gasteiger partial charge in [-0.1, -0.05) is 12.1 Å². The van der Waals surface area contributed by atoms with Crippen molar-refractivity contribution >= 4 is 5.82 Å². The maximum absolute atomic E-state index is 9.46. The maximum atomic E-state index is 9.46. The monoisotopic (exact) mass is 446 g/mol.